The van der Waals surface area contributed by atoms with Gasteiger partial charge in [-0.25, -0.2) is 4.99 Å². The van der Waals surface area contributed by atoms with E-state index in [1.165, 1.54) is 13.2 Å². The van der Waals surface area contributed by atoms with Gasteiger partial charge in [-0.1, -0.05) is 0 Å². The van der Waals surface area contributed by atoms with Gasteiger partial charge in [-0.2, -0.15) is 18.3 Å². The third kappa shape index (κ3) is 2.61. The zero-order valence-electron chi connectivity index (χ0n) is 12.7. The van der Waals surface area contributed by atoms with Crippen molar-refractivity contribution in [2.24, 2.45) is 17.8 Å². The van der Waals surface area contributed by atoms with Gasteiger partial charge in [0, 0.05) is 34.4 Å². The summed E-state index contributed by atoms with van der Waals surface area (Å²) in [5, 5.41) is 9.19. The second-order valence-electron chi connectivity index (χ2n) is 5.09. The number of nitrogens with two attached hydrogens (primary N) is 1. The Labute approximate surface area is 125 Å². The van der Waals surface area contributed by atoms with E-state index in [1.807, 2.05) is 0 Å². The van der Waals surface area contributed by atoms with Gasteiger partial charge >= 0.3 is 6.18 Å². The van der Waals surface area contributed by atoms with Crippen molar-refractivity contribution in [2.45, 2.75) is 12.0 Å². The van der Waals surface area contributed by atoms with Crippen LogP contribution in [0.2, 0.25) is 0 Å². The van der Waals surface area contributed by atoms with Gasteiger partial charge in [0.15, 0.2) is 0 Å². The number of aryl methyl sites for hydroxylation is 1. The highest BCUT2D eigenvalue weighted by Crippen LogP contribution is 2.33. The van der Waals surface area contributed by atoms with Crippen LogP contribution in [0.15, 0.2) is 22.6 Å². The van der Waals surface area contributed by atoms with E-state index in [1.54, 1.807) is 30.7 Å². The second-order valence-corrected chi connectivity index (χ2v) is 5.09. The fourth-order valence-electron chi connectivity index (χ4n) is 2.30. The van der Waals surface area contributed by atoms with Crippen molar-refractivity contribution in [2.75, 3.05) is 26.0 Å². The molecule has 1 aromatic heterocycles. The van der Waals surface area contributed by atoms with Crippen LogP contribution < -0.4 is 21.3 Å². The lowest BCUT2D eigenvalue weighted by atomic mass is 10.1. The Hall–Kier alpha value is -2.23. The molecule has 0 fully saturated rings. The predicted octanol–water partition coefficient (Wildman–Crippen LogP) is 0.222. The minimum absolute atomic E-state index is 0.237. The van der Waals surface area contributed by atoms with E-state index >= 15 is 0 Å². The monoisotopic (exact) mass is 317 g/mol. The molecule has 4 N–H and O–H groups in total. The Bertz CT molecular complexity index is 629. The molecule has 1 aromatic rings. The number of aromatic nitrogens is 2. The first-order valence-electron chi connectivity index (χ1n) is 6.41. The number of hydrogen-bond acceptors (Lipinski definition) is 6. The quantitative estimate of drug-likeness (QED) is 0.743. The highest BCUT2D eigenvalue weighted by atomic mass is 19.4. The van der Waals surface area contributed by atoms with Crippen LogP contribution in [0, 0.1) is 0 Å². The summed E-state index contributed by atoms with van der Waals surface area (Å²) in [5.74, 6) is -1.14. The van der Waals surface area contributed by atoms with Crippen LogP contribution in [0.4, 0.5) is 19.0 Å². The summed E-state index contributed by atoms with van der Waals surface area (Å²) in [6, 6.07) is 0. The van der Waals surface area contributed by atoms with E-state index in [0.29, 0.717) is 11.4 Å². The van der Waals surface area contributed by atoms with E-state index in [4.69, 9.17) is 5.73 Å². The Morgan fingerprint density at radius 3 is 2.55 bits per heavy atom. The summed E-state index contributed by atoms with van der Waals surface area (Å²) in [6.45, 7) is 0. The molecule has 10 heteroatoms. The summed E-state index contributed by atoms with van der Waals surface area (Å²) in [7, 11) is 6.66. The number of hydrogen-bond donors (Lipinski definition) is 3. The molecule has 0 saturated carbocycles. The first kappa shape index (κ1) is 16.1. The lowest BCUT2D eigenvalue weighted by Crippen LogP contribution is -2.54. The molecule has 0 spiro atoms. The third-order valence-corrected chi connectivity index (χ3v) is 3.28. The van der Waals surface area contributed by atoms with Gasteiger partial charge in [0.1, 0.15) is 17.2 Å². The zero-order valence-corrected chi connectivity index (χ0v) is 12.7. The second kappa shape index (κ2) is 5.20. The van der Waals surface area contributed by atoms with Crippen LogP contribution in [0.5, 0.6) is 0 Å². The number of rotatable bonds is 3. The van der Waals surface area contributed by atoms with Crippen molar-refractivity contribution in [3.05, 3.63) is 23.2 Å². The third-order valence-electron chi connectivity index (χ3n) is 3.28. The standard InChI is InChI=1S/C12H18F3N7/c1-17-9-7(11(13,14)15)5-18-12(16,20-9)8-6-19-22(4)10(8)21(2)3/h5-6,17,20H,16H2,1-4H3. The minimum atomic E-state index is -4.53. The number of nitrogens with one attached hydrogen (secondary N) is 2. The Balaban J connectivity index is 2.48. The molecule has 2 rings (SSSR count). The molecular weight excluding hydrogens is 299 g/mol. The van der Waals surface area contributed by atoms with E-state index < -0.39 is 17.5 Å². The van der Waals surface area contributed by atoms with E-state index in [2.05, 4.69) is 20.7 Å². The molecule has 7 nitrogen and oxygen atoms in total. The molecule has 0 saturated heterocycles. The zero-order chi connectivity index (χ0) is 16.7. The summed E-state index contributed by atoms with van der Waals surface area (Å²) in [5.41, 5.74) is 5.73. The number of allylic oxidation sites excluding steroid dienone is 1. The summed E-state index contributed by atoms with van der Waals surface area (Å²) < 4.78 is 40.4. The molecule has 1 aliphatic heterocycles. The summed E-state index contributed by atoms with van der Waals surface area (Å²) >= 11 is 0. The number of aliphatic imine (C=N–C) groups is 1. The Morgan fingerprint density at radius 2 is 2.05 bits per heavy atom. The van der Waals surface area contributed by atoms with Crippen LogP contribution in [-0.2, 0) is 12.8 Å². The van der Waals surface area contributed by atoms with Crippen LogP contribution in [0.1, 0.15) is 5.56 Å². The molecule has 122 valence electrons. The predicted molar refractivity (Wildman–Crippen MR) is 77.2 cm³/mol. The van der Waals surface area contributed by atoms with Crippen LogP contribution in [0.3, 0.4) is 0 Å². The average Bonchev–Trinajstić information content (AvgIpc) is 2.80. The number of anilines is 1. The first-order chi connectivity index (χ1) is 10.1. The van der Waals surface area contributed by atoms with Gasteiger partial charge in [0.05, 0.1) is 11.8 Å². The van der Waals surface area contributed by atoms with Gasteiger partial charge < -0.3 is 15.5 Å². The number of halogens is 3. The fourth-order valence-corrected chi connectivity index (χ4v) is 2.30. The molecule has 2 heterocycles. The lowest BCUT2D eigenvalue weighted by Gasteiger charge is -2.34. The van der Waals surface area contributed by atoms with Gasteiger partial charge in [0.2, 0.25) is 5.79 Å². The van der Waals surface area contributed by atoms with Crippen molar-refractivity contribution < 1.29 is 13.2 Å². The minimum Gasteiger partial charge on any atom is -0.374 e. The molecule has 1 unspecified atom stereocenters. The van der Waals surface area contributed by atoms with Gasteiger partial charge in [-0.15, -0.1) is 0 Å². The molecule has 0 bridgehead atoms. The Kier molecular flexibility index (Phi) is 3.81. The first-order valence-corrected chi connectivity index (χ1v) is 6.41. The van der Waals surface area contributed by atoms with Crippen LogP contribution in [-0.4, -0.2) is 43.3 Å². The van der Waals surface area contributed by atoms with Crippen molar-refractivity contribution >= 4 is 12.0 Å². The highest BCUT2D eigenvalue weighted by molar-refractivity contribution is 5.83. The van der Waals surface area contributed by atoms with Crippen molar-refractivity contribution in [1.82, 2.24) is 20.4 Å². The normalized spacial score (nSPS) is 21.8. The van der Waals surface area contributed by atoms with Gasteiger partial charge in [-0.3, -0.25) is 10.4 Å². The smallest absolute Gasteiger partial charge is 0.374 e. The number of alkyl halides is 3. The molecule has 0 radical (unpaired) electrons. The SMILES string of the molecule is CNC1=C(C(F)(F)F)C=NC(N)(c2cnn(C)c2N(C)C)N1. The average molecular weight is 317 g/mol. The molecular formula is C12H18F3N7. The molecule has 1 aliphatic rings. The summed E-state index contributed by atoms with van der Waals surface area (Å²) in [6.07, 6.45) is -2.32. The van der Waals surface area contributed by atoms with Gasteiger partial charge in [-0.05, 0) is 0 Å². The topological polar surface area (TPSA) is 83.5 Å². The maximum atomic E-state index is 12.9. The van der Waals surface area contributed by atoms with E-state index in [0.717, 1.165) is 6.21 Å². The maximum absolute atomic E-state index is 12.9. The molecule has 22 heavy (non-hydrogen) atoms. The Morgan fingerprint density at radius 1 is 1.41 bits per heavy atom. The highest BCUT2D eigenvalue weighted by Gasteiger charge is 2.42. The van der Waals surface area contributed by atoms with Crippen LogP contribution in [0.25, 0.3) is 0 Å². The fraction of sp³-hybridized carbons (Fsp3) is 0.500. The van der Waals surface area contributed by atoms with E-state index in [-0.39, 0.29) is 5.82 Å². The summed E-state index contributed by atoms with van der Waals surface area (Å²) in [4.78, 5) is 5.64. The molecule has 0 aliphatic carbocycles. The van der Waals surface area contributed by atoms with Crippen molar-refractivity contribution in [3.8, 4) is 0 Å². The van der Waals surface area contributed by atoms with Crippen molar-refractivity contribution in [3.63, 3.8) is 0 Å². The van der Waals surface area contributed by atoms with Gasteiger partial charge in [0.25, 0.3) is 0 Å². The maximum Gasteiger partial charge on any atom is 0.421 e. The molecule has 0 amide bonds. The van der Waals surface area contributed by atoms with Crippen molar-refractivity contribution in [1.29, 1.82) is 0 Å². The molecule has 1 atom stereocenters. The largest absolute Gasteiger partial charge is 0.421 e. The van der Waals surface area contributed by atoms with Crippen LogP contribution >= 0.6 is 0 Å². The molecule has 0 aromatic carbocycles. The lowest BCUT2D eigenvalue weighted by molar-refractivity contribution is -0.0875. The van der Waals surface area contributed by atoms with E-state index in [9.17, 15) is 13.2 Å². The number of nitrogens with zero attached hydrogens (tertiary/aromatic N) is 4.